The van der Waals surface area contributed by atoms with E-state index in [0.717, 1.165) is 65.1 Å². The molecular weight excluding hydrogens is 2290 g/mol. The van der Waals surface area contributed by atoms with Crippen LogP contribution in [0.25, 0.3) is 33.3 Å². The average molecular weight is 2350 g/mol. The van der Waals surface area contributed by atoms with Gasteiger partial charge in [0, 0.05) is 265 Å². The molecule has 645 valence electrons. The molecule has 0 atom stereocenters. The molecule has 10 aromatic carbocycles. The van der Waals surface area contributed by atoms with Crippen molar-refractivity contribution in [1.29, 1.82) is 0 Å². The van der Waals surface area contributed by atoms with Crippen LogP contribution < -0.4 is 52.1 Å². The van der Waals surface area contributed by atoms with Crippen LogP contribution in [0.5, 0.6) is 28.7 Å². The van der Waals surface area contributed by atoms with Crippen molar-refractivity contribution in [3.05, 3.63) is 346 Å². The van der Waals surface area contributed by atoms with Crippen molar-refractivity contribution in [1.82, 2.24) is 99.0 Å². The van der Waals surface area contributed by atoms with Gasteiger partial charge in [-0.1, -0.05) is 109 Å². The Morgan fingerprint density at radius 2 is 0.664 bits per heavy atom. The van der Waals surface area contributed by atoms with Gasteiger partial charge >= 0.3 is 28.4 Å². The van der Waals surface area contributed by atoms with Crippen molar-refractivity contribution < 1.29 is 192 Å². The number of ether oxygens (including phenoxy) is 5. The van der Waals surface area contributed by atoms with E-state index in [1.165, 1.54) is 78.6 Å². The second-order valence-corrected chi connectivity index (χ2v) is 29.9. The summed E-state index contributed by atoms with van der Waals surface area (Å²) in [6.45, 7) is 13.2. The molecule has 0 bridgehead atoms. The molecule has 5 radical (unpaired) electrons. The Balaban J connectivity index is 0.000000244. The maximum atomic E-state index is 14.2. The van der Waals surface area contributed by atoms with E-state index in [1.807, 2.05) is 32.0 Å². The number of tetrazole rings is 5. The molecule has 0 amide bonds. The Morgan fingerprint density at radius 1 is 0.375 bits per heavy atom. The molecule has 0 fully saturated rings. The Bertz CT molecular complexity index is 6510. The van der Waals surface area contributed by atoms with Crippen molar-refractivity contribution in [3.8, 4) is 69.0 Å². The predicted molar refractivity (Wildman–Crippen MR) is 462 cm³/mol. The number of aryl methyl sites for hydroxylation is 7. The van der Waals surface area contributed by atoms with Gasteiger partial charge in [0.1, 0.15) is 38.9 Å². The molecule has 0 aliphatic rings. The Hall–Kier alpha value is -6.86. The van der Waals surface area contributed by atoms with E-state index in [4.69, 9.17) is 135 Å². The summed E-state index contributed by atoms with van der Waals surface area (Å²) in [6, 6.07) is 55.3. The van der Waals surface area contributed by atoms with E-state index in [-0.39, 0.29) is 230 Å². The maximum absolute atomic E-state index is 14.2. The molecule has 15 aromatic rings. The number of hydrogen-bond acceptors (Lipinski definition) is 20. The number of aromatic nitrogens is 20. The molecular formula is C81H59BrCl9FN21O10Y5-5. The van der Waals surface area contributed by atoms with Crippen LogP contribution in [0.1, 0.15) is 51.4 Å². The fraction of sp³-hybridized carbons (Fsp3) is 0.160. The summed E-state index contributed by atoms with van der Waals surface area (Å²) in [6.07, 6.45) is 0. The first-order valence-corrected chi connectivity index (χ1v) is 39.6. The molecule has 0 unspecified atom stereocenters. The summed E-state index contributed by atoms with van der Waals surface area (Å²) in [4.78, 5) is 64.1. The second-order valence-electron chi connectivity index (χ2n) is 25.3. The van der Waals surface area contributed by atoms with E-state index < -0.39 is 22.9 Å². The van der Waals surface area contributed by atoms with E-state index in [1.54, 1.807) is 111 Å². The fourth-order valence-corrected chi connectivity index (χ4v) is 12.9. The zero-order valence-electron chi connectivity index (χ0n) is 68.0. The van der Waals surface area contributed by atoms with Gasteiger partial charge in [-0.05, 0) is 129 Å². The van der Waals surface area contributed by atoms with Crippen LogP contribution in [0.15, 0.2) is 180 Å². The molecule has 47 heteroatoms. The monoisotopic (exact) mass is 2340 g/mol. The minimum atomic E-state index is -0.547. The minimum absolute atomic E-state index is 0. The molecule has 0 N–H and O–H groups in total. The van der Waals surface area contributed by atoms with Gasteiger partial charge in [0.05, 0.1) is 40.6 Å². The van der Waals surface area contributed by atoms with Gasteiger partial charge in [0.2, 0.25) is 0 Å². The third kappa shape index (κ3) is 28.1. The molecule has 0 aliphatic heterocycles. The van der Waals surface area contributed by atoms with Crippen LogP contribution in [0.3, 0.4) is 0 Å². The largest absolute Gasteiger partial charge is 0.515 e. The van der Waals surface area contributed by atoms with Crippen molar-refractivity contribution in [2.75, 3.05) is 0 Å². The Kier molecular flexibility index (Phi) is 44.6. The number of rotatable bonds is 20. The zero-order valence-corrected chi connectivity index (χ0v) is 90.6. The van der Waals surface area contributed by atoms with Crippen LogP contribution in [0.4, 0.5) is 10.1 Å². The standard InChI is InChI=1S/C19H16ClN4O2.C17H13ClN5O2.C15H10BrCl2N4O2.C15H10Cl3N4O2.C15H10Cl2FN4O2.5Y/c1-4-6-14-7-5-8-17(24-19(25)23(3)21-22-24)16(14)12-26-18-11-15(20)10-9-13(18)2;1-11-7-8-12(18)9-16(11)25-10-13-14(19-2)5-4-6-15(13)23-17(24)22(3)20-21-23;1-21-15(23)22(20-19-21)13-4-2-3-11(16)10(13)8-24-14-7-9(17)5-6-12(14)18;1-21-15(23)22(20-19-21)13-4-2-3-11(17)10(13)8-24-14-7-9(16)5-6-12(14)18;1-21-15(23)22(20-19-21)13-4-2-3-12(18)10(13)8-24-14-7-9(16)5-6-11(14)17;;;;;/h5,7-9,11H,12H2,1-3H3;4-7,9H,10H2,1,3H3;3*2-4,6-7H,8H2,1H3;;;;;/q5*-1;;;;;. The van der Waals surface area contributed by atoms with E-state index >= 15 is 0 Å². The van der Waals surface area contributed by atoms with E-state index in [2.05, 4.69) is 115 Å². The SMILES string of the molecule is CC#Cc1cccc(-n2nnn(C)c2=O)c1COc1cc(Cl)[c-]cc1C.Cn1nnn(-c2cccc(Br)c2COc2cc(Cl)[c-]cc2Cl)c1=O.Cn1nnn(-c2cccc(Cl)c2COc2cc(Cl)[c-]cc2Cl)c1=O.Cn1nnn(-c2cccc(F)c2COc2cc(Cl)[c-]cc2Cl)c1=O.[C-]#[N+]c1cccc(-n2nnn(C)c2=O)c1COc1cc(Cl)[c-]cc1C.[Y].[Y].[Y].[Y].[Y]. The number of hydrogen-bond donors (Lipinski definition) is 0. The Morgan fingerprint density at radius 3 is 1.04 bits per heavy atom. The van der Waals surface area contributed by atoms with Crippen LogP contribution in [-0.2, 0) is 232 Å². The van der Waals surface area contributed by atoms with Gasteiger partial charge in [0.15, 0.2) is 5.69 Å². The number of nitrogens with zero attached hydrogens (tertiary/aromatic N) is 21. The summed E-state index contributed by atoms with van der Waals surface area (Å²) in [7, 11) is 7.54. The molecule has 31 nitrogen and oxygen atoms in total. The van der Waals surface area contributed by atoms with Crippen LogP contribution in [-0.4, -0.2) is 99.0 Å². The Labute approximate surface area is 908 Å². The van der Waals surface area contributed by atoms with Crippen LogP contribution >= 0.6 is 120 Å². The van der Waals surface area contributed by atoms with Crippen LogP contribution in [0, 0.1) is 68.4 Å². The fourth-order valence-electron chi connectivity index (χ4n) is 10.9. The molecule has 15 rings (SSSR count). The zero-order chi connectivity index (χ0) is 88.5. The first kappa shape index (κ1) is 110. The third-order valence-electron chi connectivity index (χ3n) is 17.2. The van der Waals surface area contributed by atoms with Gasteiger partial charge < -0.3 is 23.7 Å². The first-order chi connectivity index (χ1) is 58.9. The molecule has 128 heavy (non-hydrogen) atoms. The van der Waals surface area contributed by atoms with Gasteiger partial charge in [0.25, 0.3) is 0 Å². The molecule has 0 saturated heterocycles. The number of benzene rings is 10. The van der Waals surface area contributed by atoms with Crippen molar-refractivity contribution in [2.45, 2.75) is 53.8 Å². The summed E-state index contributed by atoms with van der Waals surface area (Å²) in [5.41, 5.74) is 5.93. The van der Waals surface area contributed by atoms with Crippen LogP contribution in [0.2, 0.25) is 45.2 Å². The summed E-state index contributed by atoms with van der Waals surface area (Å²) < 4.78 is 55.1. The minimum Gasteiger partial charge on any atom is -0.515 e. The van der Waals surface area contributed by atoms with E-state index in [9.17, 15) is 28.4 Å². The van der Waals surface area contributed by atoms with Crippen molar-refractivity contribution >= 4 is 126 Å². The van der Waals surface area contributed by atoms with E-state index in [0.29, 0.717) is 103 Å². The van der Waals surface area contributed by atoms with Crippen molar-refractivity contribution in [3.63, 3.8) is 0 Å². The molecule has 5 heterocycles. The topological polar surface area (TPSA) is 314 Å². The van der Waals surface area contributed by atoms with Gasteiger partial charge in [-0.3, -0.25) is 0 Å². The molecule has 0 aliphatic carbocycles. The quantitative estimate of drug-likeness (QED) is 0.0505. The summed E-state index contributed by atoms with van der Waals surface area (Å²) in [5.74, 6) is 7.70. The normalized spacial score (nSPS) is 10.2. The smallest absolute Gasteiger partial charge is 0.368 e. The predicted octanol–water partition coefficient (Wildman–Crippen LogP) is 15.0. The van der Waals surface area contributed by atoms with Gasteiger partial charge in [-0.25, -0.2) is 33.2 Å². The summed E-state index contributed by atoms with van der Waals surface area (Å²) >= 11 is 57.5. The first-order valence-electron chi connectivity index (χ1n) is 35.4. The maximum Gasteiger partial charge on any atom is 0.368 e. The van der Waals surface area contributed by atoms with Gasteiger partial charge in [-0.15, -0.1) is 105 Å². The molecule has 5 aromatic heterocycles. The molecule has 0 spiro atoms. The average Bonchev–Trinajstić information content (AvgIpc) is 1.60. The second kappa shape index (κ2) is 52.0. The number of halogens is 11. The molecule has 0 saturated carbocycles. The third-order valence-corrected chi connectivity index (χ3v) is 20.3. The van der Waals surface area contributed by atoms with Gasteiger partial charge in [-0.2, -0.15) is 142 Å². The van der Waals surface area contributed by atoms with Crippen molar-refractivity contribution in [2.24, 2.45) is 35.2 Å². The summed E-state index contributed by atoms with van der Waals surface area (Å²) in [5, 5.41) is 41.1.